The van der Waals surface area contributed by atoms with Crippen molar-refractivity contribution >= 4 is 0 Å². The van der Waals surface area contributed by atoms with E-state index in [1.807, 2.05) is 48.5 Å². The van der Waals surface area contributed by atoms with Gasteiger partial charge in [0.1, 0.15) is 23.0 Å². The van der Waals surface area contributed by atoms with Crippen molar-refractivity contribution in [3.63, 3.8) is 0 Å². The molecule has 0 aliphatic rings. The second-order valence-corrected chi connectivity index (χ2v) is 17.8. The van der Waals surface area contributed by atoms with E-state index < -0.39 is 0 Å². The molecule has 4 aromatic carbocycles. The van der Waals surface area contributed by atoms with Gasteiger partial charge in [-0.1, -0.05) is 132 Å². The summed E-state index contributed by atoms with van der Waals surface area (Å²) in [6.07, 6.45) is 1.57. The molecule has 0 saturated carbocycles. The van der Waals surface area contributed by atoms with Crippen molar-refractivity contribution in [2.45, 2.75) is 129 Å². The summed E-state index contributed by atoms with van der Waals surface area (Å²) < 4.78 is 0. The summed E-state index contributed by atoms with van der Waals surface area (Å²) in [5.41, 5.74) is 7.08. The van der Waals surface area contributed by atoms with E-state index in [0.717, 1.165) is 57.3 Å². The van der Waals surface area contributed by atoms with Gasteiger partial charge in [-0.25, -0.2) is 0 Å². The summed E-state index contributed by atoms with van der Waals surface area (Å²) in [7, 11) is 0. The lowest BCUT2D eigenvalue weighted by Gasteiger charge is -2.29. The standard InChI is InChI=1S/C44H58O4/c1-41(2,3)33-23-27(13-19-37(33)45)31(28-14-20-38(46)34(24-28)42(4,5)6)17-18-32(29-15-21-39(47)35(25-29)43(7,8)9)30-16-22-40(48)36(26-30)44(10,11)12/h13-16,19-26,31-32,45-48H,17-18H2,1-12H3. The van der Waals surface area contributed by atoms with E-state index in [9.17, 15) is 20.4 Å². The second kappa shape index (κ2) is 13.2. The van der Waals surface area contributed by atoms with Crippen LogP contribution < -0.4 is 0 Å². The molecule has 0 fully saturated rings. The van der Waals surface area contributed by atoms with E-state index in [1.54, 1.807) is 0 Å². The highest BCUT2D eigenvalue weighted by molar-refractivity contribution is 5.50. The topological polar surface area (TPSA) is 80.9 Å². The highest BCUT2D eigenvalue weighted by Gasteiger charge is 2.28. The highest BCUT2D eigenvalue weighted by Crippen LogP contribution is 2.44. The lowest BCUT2D eigenvalue weighted by atomic mass is 9.76. The van der Waals surface area contributed by atoms with Gasteiger partial charge in [0.15, 0.2) is 0 Å². The number of hydrogen-bond acceptors (Lipinski definition) is 4. The van der Waals surface area contributed by atoms with E-state index in [1.165, 1.54) is 0 Å². The lowest BCUT2D eigenvalue weighted by molar-refractivity contribution is 0.443. The summed E-state index contributed by atoms with van der Waals surface area (Å²) in [6, 6.07) is 24.0. The Bertz CT molecular complexity index is 1500. The Balaban J connectivity index is 1.92. The SMILES string of the molecule is CC(C)(C)c1cc(C(CCC(c2ccc(O)c(C(C)(C)C)c2)c2ccc(O)c(C(C)(C)C)c2)c2ccc(O)c(C(C)(C)C)c2)ccc1O. The first kappa shape index (κ1) is 36.9. The maximum absolute atomic E-state index is 10.9. The molecule has 4 nitrogen and oxygen atoms in total. The Morgan fingerprint density at radius 3 is 0.708 bits per heavy atom. The number of phenolic OH excluding ortho intramolecular Hbond substituents is 4. The number of aromatic hydroxyl groups is 4. The van der Waals surface area contributed by atoms with E-state index in [4.69, 9.17) is 0 Å². The minimum absolute atomic E-state index is 0.0192. The van der Waals surface area contributed by atoms with Gasteiger partial charge in [-0.15, -0.1) is 0 Å². The molecule has 0 aliphatic carbocycles. The summed E-state index contributed by atoms with van der Waals surface area (Å²) in [5, 5.41) is 43.5. The van der Waals surface area contributed by atoms with Crippen LogP contribution in [0, 0.1) is 0 Å². The average Bonchev–Trinajstić information content (AvgIpc) is 2.95. The van der Waals surface area contributed by atoms with E-state index in [0.29, 0.717) is 23.0 Å². The van der Waals surface area contributed by atoms with E-state index in [2.05, 4.69) is 107 Å². The van der Waals surface area contributed by atoms with Crippen LogP contribution in [-0.2, 0) is 21.7 Å². The predicted octanol–water partition coefficient (Wildman–Crippen LogP) is 11.4. The number of benzene rings is 4. The zero-order chi connectivity index (χ0) is 36.0. The molecule has 0 radical (unpaired) electrons. The van der Waals surface area contributed by atoms with Gasteiger partial charge in [-0.3, -0.25) is 0 Å². The maximum atomic E-state index is 10.9. The van der Waals surface area contributed by atoms with Crippen molar-refractivity contribution in [2.24, 2.45) is 0 Å². The quantitative estimate of drug-likeness (QED) is 0.160. The first-order valence-electron chi connectivity index (χ1n) is 17.3. The van der Waals surface area contributed by atoms with Gasteiger partial charge >= 0.3 is 0 Å². The van der Waals surface area contributed by atoms with Crippen LogP contribution >= 0.6 is 0 Å². The molecular formula is C44H58O4. The maximum Gasteiger partial charge on any atom is 0.119 e. The van der Waals surface area contributed by atoms with Crippen molar-refractivity contribution in [1.82, 2.24) is 0 Å². The summed E-state index contributed by atoms with van der Waals surface area (Å²) in [5.74, 6) is 1.13. The van der Waals surface area contributed by atoms with Crippen LogP contribution in [0.15, 0.2) is 72.8 Å². The van der Waals surface area contributed by atoms with Gasteiger partial charge in [0, 0.05) is 11.8 Å². The average molecular weight is 651 g/mol. The molecule has 0 heterocycles. The molecule has 0 bridgehead atoms. The fraction of sp³-hybridized carbons (Fsp3) is 0.455. The summed E-state index contributed by atoms with van der Waals surface area (Å²) in [6.45, 7) is 25.4. The fourth-order valence-electron chi connectivity index (χ4n) is 6.87. The van der Waals surface area contributed by atoms with Crippen LogP contribution in [0.1, 0.15) is 152 Å². The van der Waals surface area contributed by atoms with Gasteiger partial charge < -0.3 is 20.4 Å². The van der Waals surface area contributed by atoms with Crippen LogP contribution in [0.4, 0.5) is 0 Å². The van der Waals surface area contributed by atoms with Gasteiger partial charge in [0.25, 0.3) is 0 Å². The third kappa shape index (κ3) is 8.20. The molecule has 4 N–H and O–H groups in total. The zero-order valence-corrected chi connectivity index (χ0v) is 31.3. The van der Waals surface area contributed by atoms with Crippen LogP contribution in [0.5, 0.6) is 23.0 Å². The van der Waals surface area contributed by atoms with Gasteiger partial charge in [-0.05, 0) is 103 Å². The normalized spacial score (nSPS) is 13.0. The van der Waals surface area contributed by atoms with Crippen LogP contribution in [0.3, 0.4) is 0 Å². The Hall–Kier alpha value is -3.92. The highest BCUT2D eigenvalue weighted by atomic mass is 16.3. The molecule has 0 aliphatic heterocycles. The third-order valence-electron chi connectivity index (χ3n) is 9.67. The molecule has 0 saturated heterocycles. The minimum Gasteiger partial charge on any atom is -0.508 e. The molecule has 258 valence electrons. The zero-order valence-electron chi connectivity index (χ0n) is 31.3. The molecule has 0 aromatic heterocycles. The molecule has 4 aromatic rings. The molecule has 4 rings (SSSR count). The molecule has 48 heavy (non-hydrogen) atoms. The molecular weight excluding hydrogens is 592 g/mol. The molecule has 0 spiro atoms. The summed E-state index contributed by atoms with van der Waals surface area (Å²) in [4.78, 5) is 0. The third-order valence-corrected chi connectivity index (χ3v) is 9.67. The molecule has 0 atom stereocenters. The molecule has 4 heteroatoms. The number of rotatable bonds is 7. The number of hydrogen-bond donors (Lipinski definition) is 4. The van der Waals surface area contributed by atoms with Crippen LogP contribution in [0.25, 0.3) is 0 Å². The predicted molar refractivity (Wildman–Crippen MR) is 200 cm³/mol. The van der Waals surface area contributed by atoms with Gasteiger partial charge in [-0.2, -0.15) is 0 Å². The van der Waals surface area contributed by atoms with Crippen molar-refractivity contribution in [3.8, 4) is 23.0 Å². The summed E-state index contributed by atoms with van der Waals surface area (Å²) >= 11 is 0. The lowest BCUT2D eigenvalue weighted by Crippen LogP contribution is -2.16. The molecule has 0 unspecified atom stereocenters. The van der Waals surface area contributed by atoms with E-state index in [-0.39, 0.29) is 33.5 Å². The fourth-order valence-corrected chi connectivity index (χ4v) is 6.87. The van der Waals surface area contributed by atoms with Crippen LogP contribution in [0.2, 0.25) is 0 Å². The van der Waals surface area contributed by atoms with Gasteiger partial charge in [0.05, 0.1) is 0 Å². The minimum atomic E-state index is -0.247. The van der Waals surface area contributed by atoms with Crippen molar-refractivity contribution in [3.05, 3.63) is 117 Å². The second-order valence-electron chi connectivity index (χ2n) is 17.8. The Morgan fingerprint density at radius 1 is 0.354 bits per heavy atom. The Kier molecular flexibility index (Phi) is 10.1. The number of phenols is 4. The largest absolute Gasteiger partial charge is 0.508 e. The Morgan fingerprint density at radius 2 is 0.542 bits per heavy atom. The Labute approximate surface area is 289 Å². The first-order chi connectivity index (χ1) is 22.0. The van der Waals surface area contributed by atoms with Crippen molar-refractivity contribution < 1.29 is 20.4 Å². The molecule has 0 amide bonds. The van der Waals surface area contributed by atoms with Crippen LogP contribution in [-0.4, -0.2) is 20.4 Å². The van der Waals surface area contributed by atoms with E-state index >= 15 is 0 Å². The van der Waals surface area contributed by atoms with Crippen molar-refractivity contribution in [1.29, 1.82) is 0 Å². The smallest absolute Gasteiger partial charge is 0.119 e. The first-order valence-corrected chi connectivity index (χ1v) is 17.3. The van der Waals surface area contributed by atoms with Gasteiger partial charge in [0.2, 0.25) is 0 Å². The monoisotopic (exact) mass is 650 g/mol. The van der Waals surface area contributed by atoms with Crippen molar-refractivity contribution in [2.75, 3.05) is 0 Å².